The fourth-order valence-electron chi connectivity index (χ4n) is 2.38. The van der Waals surface area contributed by atoms with Crippen LogP contribution in [0.3, 0.4) is 0 Å². The molecule has 140 valence electrons. The lowest BCUT2D eigenvalue weighted by molar-refractivity contribution is 0.321. The summed E-state index contributed by atoms with van der Waals surface area (Å²) in [6.45, 7) is 2.92. The number of benzene rings is 2. The highest BCUT2D eigenvalue weighted by Gasteiger charge is 2.06. The van der Waals surface area contributed by atoms with E-state index >= 15 is 0 Å². The summed E-state index contributed by atoms with van der Waals surface area (Å²) in [6, 6.07) is 8.11. The van der Waals surface area contributed by atoms with E-state index in [1.807, 2.05) is 0 Å². The number of guanidine groups is 1. The summed E-state index contributed by atoms with van der Waals surface area (Å²) in [4.78, 5) is 4.05. The maximum atomic E-state index is 13.8. The third kappa shape index (κ3) is 5.68. The molecular weight excluding hydrogens is 343 g/mol. The van der Waals surface area contributed by atoms with Crippen molar-refractivity contribution in [3.05, 3.63) is 65.0 Å². The van der Waals surface area contributed by atoms with Crippen LogP contribution in [0.1, 0.15) is 18.1 Å². The number of nitrogens with one attached hydrogen (secondary N) is 2. The molecule has 0 fully saturated rings. The Hall–Kier alpha value is -2.70. The van der Waals surface area contributed by atoms with Gasteiger partial charge in [-0.15, -0.1) is 0 Å². The van der Waals surface area contributed by atoms with Gasteiger partial charge in [-0.2, -0.15) is 0 Å². The Bertz CT molecular complexity index is 766. The van der Waals surface area contributed by atoms with E-state index in [1.54, 1.807) is 26.1 Å². The fourth-order valence-corrected chi connectivity index (χ4v) is 2.38. The van der Waals surface area contributed by atoms with Gasteiger partial charge in [0.25, 0.3) is 0 Å². The van der Waals surface area contributed by atoms with Gasteiger partial charge in [-0.25, -0.2) is 13.2 Å². The van der Waals surface area contributed by atoms with Gasteiger partial charge in [0.15, 0.2) is 17.5 Å². The minimum absolute atomic E-state index is 0.218. The van der Waals surface area contributed by atoms with E-state index in [1.165, 1.54) is 12.1 Å². The highest BCUT2D eigenvalue weighted by molar-refractivity contribution is 5.79. The lowest BCUT2D eigenvalue weighted by atomic mass is 10.1. The minimum Gasteiger partial charge on any atom is -0.491 e. The molecule has 0 bridgehead atoms. The zero-order chi connectivity index (χ0) is 18.9. The van der Waals surface area contributed by atoms with Crippen molar-refractivity contribution in [2.45, 2.75) is 19.9 Å². The second-order valence-corrected chi connectivity index (χ2v) is 5.54. The predicted octanol–water partition coefficient (Wildman–Crippen LogP) is 3.41. The lowest BCUT2D eigenvalue weighted by Crippen LogP contribution is -2.37. The number of aliphatic imine (C=N–C) groups is 1. The smallest absolute Gasteiger partial charge is 0.191 e. The highest BCUT2D eigenvalue weighted by atomic mass is 19.1. The number of halogens is 3. The van der Waals surface area contributed by atoms with Crippen LogP contribution in [0.2, 0.25) is 0 Å². The first kappa shape index (κ1) is 19.6. The molecule has 7 heteroatoms. The molecule has 0 spiro atoms. The SMILES string of the molecule is CCOc1ccc(CNC(=NC)NCCc2cc(F)ccc2F)cc1F. The molecule has 0 heterocycles. The van der Waals surface area contributed by atoms with Crippen molar-refractivity contribution in [1.29, 1.82) is 0 Å². The highest BCUT2D eigenvalue weighted by Crippen LogP contribution is 2.18. The predicted molar refractivity (Wildman–Crippen MR) is 95.8 cm³/mol. The minimum atomic E-state index is -0.471. The normalized spacial score (nSPS) is 11.3. The van der Waals surface area contributed by atoms with Crippen LogP contribution in [0.25, 0.3) is 0 Å². The van der Waals surface area contributed by atoms with Crippen molar-refractivity contribution in [2.24, 2.45) is 4.99 Å². The van der Waals surface area contributed by atoms with Gasteiger partial charge in [0.05, 0.1) is 6.61 Å². The summed E-state index contributed by atoms with van der Waals surface area (Å²) in [7, 11) is 1.59. The van der Waals surface area contributed by atoms with Crippen molar-refractivity contribution < 1.29 is 17.9 Å². The van der Waals surface area contributed by atoms with Gasteiger partial charge >= 0.3 is 0 Å². The molecule has 2 N–H and O–H groups in total. The number of rotatable bonds is 7. The van der Waals surface area contributed by atoms with Gasteiger partial charge < -0.3 is 15.4 Å². The Morgan fingerprint density at radius 2 is 1.85 bits per heavy atom. The molecule has 0 aliphatic heterocycles. The average molecular weight is 365 g/mol. The van der Waals surface area contributed by atoms with E-state index in [-0.39, 0.29) is 5.75 Å². The van der Waals surface area contributed by atoms with E-state index in [0.717, 1.165) is 17.7 Å². The first-order valence-corrected chi connectivity index (χ1v) is 8.33. The summed E-state index contributed by atoms with van der Waals surface area (Å²) < 4.78 is 45.7. The van der Waals surface area contributed by atoms with Gasteiger partial charge in [-0.05, 0) is 54.8 Å². The number of ether oxygens (including phenoxy) is 1. The maximum absolute atomic E-state index is 13.8. The summed E-state index contributed by atoms with van der Waals surface area (Å²) in [6.07, 6.45) is 0.308. The molecule has 0 unspecified atom stereocenters. The number of hydrogen-bond donors (Lipinski definition) is 2. The van der Waals surface area contributed by atoms with E-state index < -0.39 is 17.5 Å². The third-order valence-electron chi connectivity index (χ3n) is 3.67. The zero-order valence-electron chi connectivity index (χ0n) is 14.8. The second-order valence-electron chi connectivity index (χ2n) is 5.54. The van der Waals surface area contributed by atoms with Crippen molar-refractivity contribution >= 4 is 5.96 Å². The van der Waals surface area contributed by atoms with Crippen LogP contribution < -0.4 is 15.4 Å². The molecule has 2 aromatic rings. The topological polar surface area (TPSA) is 45.6 Å². The first-order valence-electron chi connectivity index (χ1n) is 8.33. The maximum Gasteiger partial charge on any atom is 0.191 e. The third-order valence-corrected chi connectivity index (χ3v) is 3.67. The van der Waals surface area contributed by atoms with E-state index in [4.69, 9.17) is 4.74 Å². The van der Waals surface area contributed by atoms with Crippen LogP contribution in [0.4, 0.5) is 13.2 Å². The molecule has 0 aliphatic rings. The van der Waals surface area contributed by atoms with Crippen LogP contribution >= 0.6 is 0 Å². The summed E-state index contributed by atoms with van der Waals surface area (Å²) >= 11 is 0. The van der Waals surface area contributed by atoms with Gasteiger partial charge in [-0.3, -0.25) is 4.99 Å². The van der Waals surface area contributed by atoms with Crippen molar-refractivity contribution in [1.82, 2.24) is 10.6 Å². The molecule has 0 saturated carbocycles. The molecule has 4 nitrogen and oxygen atoms in total. The Kier molecular flexibility index (Phi) is 7.32. The summed E-state index contributed by atoms with van der Waals surface area (Å²) in [5.74, 6) is -0.634. The van der Waals surface area contributed by atoms with Gasteiger partial charge in [0.2, 0.25) is 0 Å². The molecule has 0 aliphatic carbocycles. The van der Waals surface area contributed by atoms with Gasteiger partial charge in [0.1, 0.15) is 11.6 Å². The Labute approximate surface area is 151 Å². The standard InChI is InChI=1S/C19H22F3N3O/c1-3-26-18-7-4-13(10-17(18)22)12-25-19(23-2)24-9-8-14-11-15(20)5-6-16(14)21/h4-7,10-11H,3,8-9,12H2,1-2H3,(H2,23,24,25). The van der Waals surface area contributed by atoms with Gasteiger partial charge in [-0.1, -0.05) is 6.07 Å². The first-order chi connectivity index (χ1) is 12.5. The van der Waals surface area contributed by atoms with Crippen LogP contribution in [-0.2, 0) is 13.0 Å². The lowest BCUT2D eigenvalue weighted by Gasteiger charge is -2.13. The van der Waals surface area contributed by atoms with Crippen molar-refractivity contribution in [2.75, 3.05) is 20.2 Å². The molecule has 0 aromatic heterocycles. The van der Waals surface area contributed by atoms with Crippen LogP contribution in [-0.4, -0.2) is 26.2 Å². The Morgan fingerprint density at radius 3 is 2.54 bits per heavy atom. The molecular formula is C19H22F3N3O. The summed E-state index contributed by atoms with van der Waals surface area (Å²) in [5, 5.41) is 6.05. The van der Waals surface area contributed by atoms with Crippen LogP contribution in [0, 0.1) is 17.5 Å². The molecule has 0 saturated heterocycles. The quantitative estimate of drug-likeness (QED) is 0.584. The molecule has 26 heavy (non-hydrogen) atoms. The Morgan fingerprint density at radius 1 is 1.04 bits per heavy atom. The second kappa shape index (κ2) is 9.70. The van der Waals surface area contributed by atoms with E-state index in [0.29, 0.717) is 37.6 Å². The van der Waals surface area contributed by atoms with Crippen molar-refractivity contribution in [3.8, 4) is 5.75 Å². The molecule has 0 amide bonds. The largest absolute Gasteiger partial charge is 0.491 e. The zero-order valence-corrected chi connectivity index (χ0v) is 14.8. The molecule has 2 aromatic carbocycles. The Balaban J connectivity index is 1.84. The van der Waals surface area contributed by atoms with E-state index in [9.17, 15) is 13.2 Å². The van der Waals surface area contributed by atoms with Crippen LogP contribution in [0.15, 0.2) is 41.4 Å². The molecule has 0 atom stereocenters. The van der Waals surface area contributed by atoms with Crippen molar-refractivity contribution in [3.63, 3.8) is 0 Å². The van der Waals surface area contributed by atoms with Gasteiger partial charge in [0, 0.05) is 20.1 Å². The molecule has 0 radical (unpaired) electrons. The number of hydrogen-bond acceptors (Lipinski definition) is 2. The molecule has 2 rings (SSSR count). The average Bonchev–Trinajstić information content (AvgIpc) is 2.63. The fraction of sp³-hybridized carbons (Fsp3) is 0.316. The van der Waals surface area contributed by atoms with Crippen LogP contribution in [0.5, 0.6) is 5.75 Å². The monoisotopic (exact) mass is 365 g/mol. The van der Waals surface area contributed by atoms with E-state index in [2.05, 4.69) is 15.6 Å². The number of nitrogens with zero attached hydrogens (tertiary/aromatic N) is 1. The summed E-state index contributed by atoms with van der Waals surface area (Å²) in [5.41, 5.74) is 1.02.